The summed E-state index contributed by atoms with van der Waals surface area (Å²) in [6, 6.07) is 11.7. The lowest BCUT2D eigenvalue weighted by molar-refractivity contribution is -0.141. The quantitative estimate of drug-likeness (QED) is 0.528. The van der Waals surface area contributed by atoms with Gasteiger partial charge in [0.25, 0.3) is 0 Å². The molecule has 0 fully saturated rings. The van der Waals surface area contributed by atoms with Crippen LogP contribution in [0.4, 0.5) is 5.69 Å². The molecule has 0 saturated carbocycles. The van der Waals surface area contributed by atoms with Crippen molar-refractivity contribution in [2.45, 2.75) is 66.1 Å². The summed E-state index contributed by atoms with van der Waals surface area (Å²) in [5, 5.41) is 3.35. The zero-order valence-corrected chi connectivity index (χ0v) is 23.1. The minimum Gasteiger partial charge on any atom is -0.350 e. The predicted molar refractivity (Wildman–Crippen MR) is 142 cm³/mol. The Bertz CT molecular complexity index is 1160. The fourth-order valence-corrected chi connectivity index (χ4v) is 4.63. The molecule has 2 rings (SSSR count). The number of hydrogen-bond acceptors (Lipinski definition) is 4. The van der Waals surface area contributed by atoms with Gasteiger partial charge in [0, 0.05) is 17.1 Å². The molecular weight excluding hydrogens is 486 g/mol. The normalized spacial score (nSPS) is 12.7. The van der Waals surface area contributed by atoms with Gasteiger partial charge in [-0.15, -0.1) is 0 Å². The highest BCUT2D eigenvalue weighted by molar-refractivity contribution is 7.92. The Morgan fingerprint density at radius 3 is 2.14 bits per heavy atom. The van der Waals surface area contributed by atoms with Gasteiger partial charge in [0.15, 0.2) is 0 Å². The summed E-state index contributed by atoms with van der Waals surface area (Å²) < 4.78 is 26.4. The molecule has 2 amide bonds. The summed E-state index contributed by atoms with van der Waals surface area (Å²) >= 11 is 6.23. The minimum absolute atomic E-state index is 0.168. The first-order chi connectivity index (χ1) is 16.1. The van der Waals surface area contributed by atoms with Crippen LogP contribution in [0.15, 0.2) is 42.5 Å². The van der Waals surface area contributed by atoms with Crippen molar-refractivity contribution >= 4 is 39.1 Å². The number of aryl methyl sites for hydroxylation is 2. The molecule has 2 aromatic rings. The summed E-state index contributed by atoms with van der Waals surface area (Å²) in [6.45, 7) is 10.9. The van der Waals surface area contributed by atoms with Gasteiger partial charge in [0.2, 0.25) is 21.8 Å². The smallest absolute Gasteiger partial charge is 0.244 e. The van der Waals surface area contributed by atoms with Crippen molar-refractivity contribution in [3.63, 3.8) is 0 Å². The van der Waals surface area contributed by atoms with Crippen LogP contribution in [0.3, 0.4) is 0 Å². The Morgan fingerprint density at radius 2 is 1.66 bits per heavy atom. The first-order valence-corrected chi connectivity index (χ1v) is 13.8. The van der Waals surface area contributed by atoms with E-state index >= 15 is 0 Å². The van der Waals surface area contributed by atoms with Crippen LogP contribution in [-0.4, -0.2) is 49.5 Å². The molecular formula is C26H36ClN3O4S. The van der Waals surface area contributed by atoms with Crippen LogP contribution in [-0.2, 0) is 26.2 Å². The second-order valence-electron chi connectivity index (χ2n) is 9.87. The van der Waals surface area contributed by atoms with Crippen molar-refractivity contribution in [1.82, 2.24) is 10.2 Å². The van der Waals surface area contributed by atoms with Gasteiger partial charge in [-0.1, -0.05) is 54.4 Å². The maximum Gasteiger partial charge on any atom is 0.244 e. The highest BCUT2D eigenvalue weighted by Gasteiger charge is 2.33. The number of carbonyl (C=O) groups is 2. The Kier molecular flexibility index (Phi) is 9.36. The van der Waals surface area contributed by atoms with E-state index in [1.165, 1.54) is 11.0 Å². The van der Waals surface area contributed by atoms with Crippen LogP contribution in [0, 0.1) is 13.8 Å². The molecule has 0 spiro atoms. The molecule has 192 valence electrons. The van der Waals surface area contributed by atoms with Crippen molar-refractivity contribution in [3.05, 3.63) is 64.2 Å². The van der Waals surface area contributed by atoms with E-state index in [9.17, 15) is 18.0 Å². The third-order valence-corrected chi connectivity index (χ3v) is 7.03. The number of rotatable bonds is 9. The van der Waals surface area contributed by atoms with Crippen LogP contribution >= 0.6 is 11.6 Å². The molecule has 1 N–H and O–H groups in total. The summed E-state index contributed by atoms with van der Waals surface area (Å²) in [5.74, 6) is -0.770. The monoisotopic (exact) mass is 521 g/mol. The van der Waals surface area contributed by atoms with Gasteiger partial charge in [-0.05, 0) is 64.3 Å². The predicted octanol–water partition coefficient (Wildman–Crippen LogP) is 4.44. The number of sulfonamides is 1. The summed E-state index contributed by atoms with van der Waals surface area (Å²) in [5.41, 5.74) is 2.51. The number of amides is 2. The van der Waals surface area contributed by atoms with Crippen molar-refractivity contribution in [2.24, 2.45) is 0 Å². The molecule has 1 atom stereocenters. The van der Waals surface area contributed by atoms with Crippen LogP contribution in [0.5, 0.6) is 0 Å². The van der Waals surface area contributed by atoms with Gasteiger partial charge in [0.1, 0.15) is 12.6 Å². The van der Waals surface area contributed by atoms with Gasteiger partial charge < -0.3 is 10.2 Å². The van der Waals surface area contributed by atoms with Gasteiger partial charge in [0.05, 0.1) is 11.9 Å². The van der Waals surface area contributed by atoms with Gasteiger partial charge in [-0.3, -0.25) is 13.9 Å². The van der Waals surface area contributed by atoms with E-state index in [1.807, 2.05) is 65.8 Å². The molecule has 0 radical (unpaired) electrons. The molecule has 0 aliphatic heterocycles. The molecule has 0 unspecified atom stereocenters. The van der Waals surface area contributed by atoms with E-state index in [1.54, 1.807) is 12.1 Å². The van der Waals surface area contributed by atoms with Gasteiger partial charge in [-0.25, -0.2) is 8.42 Å². The van der Waals surface area contributed by atoms with E-state index in [-0.39, 0.29) is 12.5 Å². The highest BCUT2D eigenvalue weighted by Crippen LogP contribution is 2.25. The summed E-state index contributed by atoms with van der Waals surface area (Å²) in [7, 11) is -3.81. The number of nitrogens with one attached hydrogen (secondary N) is 1. The second kappa shape index (κ2) is 11.4. The molecule has 0 heterocycles. The molecule has 7 nitrogen and oxygen atoms in total. The number of carbonyl (C=O) groups excluding carboxylic acids is 2. The number of halogens is 1. The van der Waals surface area contributed by atoms with Crippen LogP contribution in [0.25, 0.3) is 0 Å². The Balaban J connectivity index is 2.47. The Morgan fingerprint density at radius 1 is 1.06 bits per heavy atom. The van der Waals surface area contributed by atoms with E-state index < -0.39 is 34.1 Å². The first-order valence-electron chi connectivity index (χ1n) is 11.5. The van der Waals surface area contributed by atoms with Crippen LogP contribution in [0.1, 0.15) is 50.8 Å². The lowest BCUT2D eigenvalue weighted by Gasteiger charge is -2.34. The minimum atomic E-state index is -3.81. The molecule has 0 aliphatic carbocycles. The van der Waals surface area contributed by atoms with Crippen molar-refractivity contribution in [2.75, 3.05) is 17.1 Å². The zero-order valence-electron chi connectivity index (χ0n) is 21.6. The number of nitrogens with zero attached hydrogens (tertiary/aromatic N) is 2. The molecule has 0 saturated heterocycles. The maximum atomic E-state index is 13.7. The van der Waals surface area contributed by atoms with Gasteiger partial charge in [-0.2, -0.15) is 0 Å². The topological polar surface area (TPSA) is 86.8 Å². The van der Waals surface area contributed by atoms with E-state index in [0.29, 0.717) is 17.1 Å². The standard InChI is InChI=1S/C26H36ClN3O4S/c1-8-23(25(32)28-26(4,5)6)29(16-20-12-9-18(2)10-13-20)24(31)17-30(35(7,33)34)21-14-11-19(3)22(27)15-21/h9-15,23H,8,16-17H2,1-7H3,(H,28,32)/t23-/m0/s1. The average Bonchev–Trinajstić information content (AvgIpc) is 2.73. The molecule has 0 bridgehead atoms. The molecule has 0 aliphatic rings. The molecule has 0 aromatic heterocycles. The first kappa shape index (κ1) is 28.7. The second-order valence-corrected chi connectivity index (χ2v) is 12.2. The number of anilines is 1. The average molecular weight is 522 g/mol. The fourth-order valence-electron chi connectivity index (χ4n) is 3.61. The Labute approximate surface area is 214 Å². The van der Waals surface area contributed by atoms with Crippen molar-refractivity contribution in [1.29, 1.82) is 0 Å². The third-order valence-electron chi connectivity index (χ3n) is 5.48. The van der Waals surface area contributed by atoms with Crippen molar-refractivity contribution in [3.8, 4) is 0 Å². The zero-order chi connectivity index (χ0) is 26.6. The third kappa shape index (κ3) is 8.25. The maximum absolute atomic E-state index is 13.7. The molecule has 35 heavy (non-hydrogen) atoms. The van der Waals surface area contributed by atoms with E-state index in [2.05, 4.69) is 5.32 Å². The van der Waals surface area contributed by atoms with Crippen LogP contribution in [0.2, 0.25) is 5.02 Å². The molecule has 2 aromatic carbocycles. The van der Waals surface area contributed by atoms with Crippen LogP contribution < -0.4 is 9.62 Å². The number of benzene rings is 2. The van der Waals surface area contributed by atoms with Crippen molar-refractivity contribution < 1.29 is 18.0 Å². The lowest BCUT2D eigenvalue weighted by atomic mass is 10.1. The van der Waals surface area contributed by atoms with E-state index in [4.69, 9.17) is 11.6 Å². The fraction of sp³-hybridized carbons (Fsp3) is 0.462. The largest absolute Gasteiger partial charge is 0.350 e. The number of hydrogen-bond donors (Lipinski definition) is 1. The Hall–Kier alpha value is -2.58. The highest BCUT2D eigenvalue weighted by atomic mass is 35.5. The van der Waals surface area contributed by atoms with E-state index in [0.717, 1.165) is 27.3 Å². The van der Waals surface area contributed by atoms with Gasteiger partial charge >= 0.3 is 0 Å². The summed E-state index contributed by atoms with van der Waals surface area (Å²) in [6.07, 6.45) is 1.41. The molecule has 9 heteroatoms. The lowest BCUT2D eigenvalue weighted by Crippen LogP contribution is -2.55. The summed E-state index contributed by atoms with van der Waals surface area (Å²) in [4.78, 5) is 28.3. The SMILES string of the molecule is CC[C@@H](C(=O)NC(C)(C)C)N(Cc1ccc(C)cc1)C(=O)CN(c1ccc(C)c(Cl)c1)S(C)(=O)=O.